The van der Waals surface area contributed by atoms with Crippen molar-refractivity contribution in [1.29, 1.82) is 0 Å². The molecule has 2 heterocycles. The highest BCUT2D eigenvalue weighted by Crippen LogP contribution is 2.25. The third-order valence-corrected chi connectivity index (χ3v) is 8.24. The van der Waals surface area contributed by atoms with Gasteiger partial charge in [-0.05, 0) is 38.5 Å². The Morgan fingerprint density at radius 3 is 2.17 bits per heavy atom. The molecule has 3 aromatic rings. The van der Waals surface area contributed by atoms with Crippen LogP contribution < -0.4 is 4.90 Å². The molecule has 0 radical (unpaired) electrons. The van der Waals surface area contributed by atoms with Crippen molar-refractivity contribution in [3.8, 4) is 0 Å². The van der Waals surface area contributed by atoms with Crippen LogP contribution in [0.15, 0.2) is 52.7 Å². The first kappa shape index (κ1) is 21.0. The zero-order chi connectivity index (χ0) is 21.3. The van der Waals surface area contributed by atoms with Crippen molar-refractivity contribution in [3.63, 3.8) is 0 Å². The molecule has 158 valence electrons. The average Bonchev–Trinajstić information content (AvgIpc) is 3.16. The zero-order valence-electron chi connectivity index (χ0n) is 17.6. The van der Waals surface area contributed by atoms with Gasteiger partial charge in [0.25, 0.3) is 0 Å². The minimum atomic E-state index is -3.44. The second-order valence-electron chi connectivity index (χ2n) is 8.00. The number of rotatable bonds is 5. The van der Waals surface area contributed by atoms with Gasteiger partial charge in [0.15, 0.2) is 5.13 Å². The summed E-state index contributed by atoms with van der Waals surface area (Å²) in [7, 11) is -3.44. The van der Waals surface area contributed by atoms with Crippen LogP contribution in [0.3, 0.4) is 0 Å². The fourth-order valence-electron chi connectivity index (χ4n) is 3.88. The number of sulfonamides is 1. The molecule has 0 aliphatic carbocycles. The summed E-state index contributed by atoms with van der Waals surface area (Å²) in [5, 5.41) is 3.09. The molecule has 1 fully saturated rings. The molecular formula is C23H27N3O2S2. The van der Waals surface area contributed by atoms with Gasteiger partial charge in [-0.15, -0.1) is 11.3 Å². The largest absolute Gasteiger partial charge is 0.345 e. The molecule has 0 bridgehead atoms. The fraction of sp³-hybridized carbons (Fsp3) is 0.348. The van der Waals surface area contributed by atoms with Crippen molar-refractivity contribution in [2.75, 3.05) is 31.1 Å². The number of hydrogen-bond donors (Lipinski definition) is 0. The van der Waals surface area contributed by atoms with Crippen LogP contribution in [0.5, 0.6) is 0 Å². The number of thiazole rings is 1. The minimum Gasteiger partial charge on any atom is -0.345 e. The highest BCUT2D eigenvalue weighted by Gasteiger charge is 2.29. The van der Waals surface area contributed by atoms with Gasteiger partial charge in [0.2, 0.25) is 10.0 Å². The number of aryl methyl sites for hydroxylation is 3. The summed E-state index contributed by atoms with van der Waals surface area (Å²) in [4.78, 5) is 7.38. The van der Waals surface area contributed by atoms with Crippen LogP contribution in [-0.2, 0) is 16.4 Å². The van der Waals surface area contributed by atoms with Crippen LogP contribution >= 0.6 is 11.3 Å². The molecule has 7 heteroatoms. The van der Waals surface area contributed by atoms with Gasteiger partial charge in [0.05, 0.1) is 10.6 Å². The molecule has 0 N–H and O–H groups in total. The van der Waals surface area contributed by atoms with Gasteiger partial charge in [-0.25, -0.2) is 13.4 Å². The van der Waals surface area contributed by atoms with E-state index in [1.165, 1.54) is 16.7 Å². The first-order valence-corrected chi connectivity index (χ1v) is 12.5. The molecule has 1 saturated heterocycles. The van der Waals surface area contributed by atoms with Gasteiger partial charge in [-0.3, -0.25) is 0 Å². The van der Waals surface area contributed by atoms with Gasteiger partial charge in [0.1, 0.15) is 0 Å². The number of hydrogen-bond acceptors (Lipinski definition) is 5. The van der Waals surface area contributed by atoms with Crippen LogP contribution in [0.4, 0.5) is 5.13 Å². The summed E-state index contributed by atoms with van der Waals surface area (Å²) in [6, 6.07) is 13.7. The van der Waals surface area contributed by atoms with Gasteiger partial charge in [0, 0.05) is 38.0 Å². The van der Waals surface area contributed by atoms with Gasteiger partial charge < -0.3 is 4.90 Å². The molecule has 30 heavy (non-hydrogen) atoms. The summed E-state index contributed by atoms with van der Waals surface area (Å²) >= 11 is 1.64. The maximum absolute atomic E-state index is 12.9. The molecule has 1 aliphatic heterocycles. The Hall–Kier alpha value is -2.22. The van der Waals surface area contributed by atoms with Gasteiger partial charge >= 0.3 is 0 Å². The third-order valence-electron chi connectivity index (χ3n) is 5.37. The zero-order valence-corrected chi connectivity index (χ0v) is 19.3. The summed E-state index contributed by atoms with van der Waals surface area (Å²) in [5.74, 6) is 0. The van der Waals surface area contributed by atoms with E-state index >= 15 is 0 Å². The molecule has 0 atom stereocenters. The Bertz CT molecular complexity index is 1110. The van der Waals surface area contributed by atoms with E-state index in [4.69, 9.17) is 4.98 Å². The van der Waals surface area contributed by atoms with Crippen LogP contribution in [-0.4, -0.2) is 43.9 Å². The average molecular weight is 442 g/mol. The smallest absolute Gasteiger partial charge is 0.243 e. The highest BCUT2D eigenvalue weighted by molar-refractivity contribution is 7.89. The molecule has 0 spiro atoms. The third kappa shape index (κ3) is 4.58. The number of benzene rings is 2. The Morgan fingerprint density at radius 2 is 1.53 bits per heavy atom. The predicted molar refractivity (Wildman–Crippen MR) is 123 cm³/mol. The molecule has 0 unspecified atom stereocenters. The number of nitrogens with zero attached hydrogens (tertiary/aromatic N) is 3. The summed E-state index contributed by atoms with van der Waals surface area (Å²) in [6.07, 6.45) is 0.820. The van der Waals surface area contributed by atoms with Crippen LogP contribution in [0.1, 0.15) is 27.9 Å². The van der Waals surface area contributed by atoms with Gasteiger partial charge in [-0.2, -0.15) is 4.31 Å². The van der Waals surface area contributed by atoms with E-state index in [1.807, 2.05) is 19.1 Å². The summed E-state index contributed by atoms with van der Waals surface area (Å²) in [5.41, 5.74) is 5.94. The van der Waals surface area contributed by atoms with Crippen LogP contribution in [0, 0.1) is 20.8 Å². The first-order valence-electron chi connectivity index (χ1n) is 10.1. The maximum atomic E-state index is 12.9. The van der Waals surface area contributed by atoms with Crippen molar-refractivity contribution >= 4 is 26.5 Å². The van der Waals surface area contributed by atoms with E-state index in [0.717, 1.165) is 22.8 Å². The standard InChI is InChI=1S/C23H27N3O2S2/c1-17-4-6-22(7-5-17)30(27,28)26-10-8-25(9-11-26)23-24-21(16-29-23)15-20-13-18(2)12-19(3)14-20/h4-7,12-14,16H,8-11,15H2,1-3H3. The Labute approximate surface area is 183 Å². The SMILES string of the molecule is Cc1ccc(S(=O)(=O)N2CCN(c3nc(Cc4cc(C)cc(C)c4)cs3)CC2)cc1. The van der Waals surface area contributed by atoms with Gasteiger partial charge in [-0.1, -0.05) is 47.0 Å². The van der Waals surface area contributed by atoms with Crippen molar-refractivity contribution in [1.82, 2.24) is 9.29 Å². The van der Waals surface area contributed by atoms with E-state index in [0.29, 0.717) is 31.1 Å². The topological polar surface area (TPSA) is 53.5 Å². The molecular weight excluding hydrogens is 414 g/mol. The van der Waals surface area contributed by atoms with E-state index in [-0.39, 0.29) is 0 Å². The lowest BCUT2D eigenvalue weighted by molar-refractivity contribution is 0.384. The van der Waals surface area contributed by atoms with Crippen molar-refractivity contribution in [3.05, 3.63) is 75.8 Å². The molecule has 0 saturated carbocycles. The Morgan fingerprint density at radius 1 is 0.900 bits per heavy atom. The maximum Gasteiger partial charge on any atom is 0.243 e. The molecule has 4 rings (SSSR count). The first-order chi connectivity index (χ1) is 14.3. The summed E-state index contributed by atoms with van der Waals surface area (Å²) < 4.78 is 27.4. The normalized spacial score (nSPS) is 15.5. The van der Waals surface area contributed by atoms with E-state index in [9.17, 15) is 8.42 Å². The lowest BCUT2D eigenvalue weighted by atomic mass is 10.0. The predicted octanol–water partition coefficient (Wildman–Crippen LogP) is 4.17. The lowest BCUT2D eigenvalue weighted by Crippen LogP contribution is -2.48. The van der Waals surface area contributed by atoms with Crippen LogP contribution in [0.25, 0.3) is 0 Å². The molecule has 2 aromatic carbocycles. The highest BCUT2D eigenvalue weighted by atomic mass is 32.2. The van der Waals surface area contributed by atoms with Crippen molar-refractivity contribution in [2.24, 2.45) is 0 Å². The second-order valence-corrected chi connectivity index (χ2v) is 10.8. The number of piperazine rings is 1. The van der Waals surface area contributed by atoms with E-state index < -0.39 is 10.0 Å². The minimum absolute atomic E-state index is 0.367. The number of anilines is 1. The van der Waals surface area contributed by atoms with Crippen molar-refractivity contribution < 1.29 is 8.42 Å². The monoisotopic (exact) mass is 441 g/mol. The van der Waals surface area contributed by atoms with Crippen molar-refractivity contribution in [2.45, 2.75) is 32.1 Å². The Kier molecular flexibility index (Phi) is 5.95. The molecule has 1 aliphatic rings. The molecule has 0 amide bonds. The Balaban J connectivity index is 1.40. The second kappa shape index (κ2) is 8.49. The lowest BCUT2D eigenvalue weighted by Gasteiger charge is -2.33. The molecule has 5 nitrogen and oxygen atoms in total. The molecule has 1 aromatic heterocycles. The van der Waals surface area contributed by atoms with E-state index in [2.05, 4.69) is 42.3 Å². The van der Waals surface area contributed by atoms with E-state index in [1.54, 1.807) is 27.8 Å². The number of aromatic nitrogens is 1. The fourth-order valence-corrected chi connectivity index (χ4v) is 6.18. The summed E-state index contributed by atoms with van der Waals surface area (Å²) in [6.45, 7) is 8.45. The van der Waals surface area contributed by atoms with Crippen LogP contribution in [0.2, 0.25) is 0 Å². The quantitative estimate of drug-likeness (QED) is 0.596.